The van der Waals surface area contributed by atoms with Crippen LogP contribution < -0.4 is 33.2 Å². The number of aliphatic carboxylic acids is 1. The van der Waals surface area contributed by atoms with E-state index in [9.17, 15) is 38.7 Å². The molecule has 0 aromatic rings. The second-order valence-corrected chi connectivity index (χ2v) is 15.7. The van der Waals surface area contributed by atoms with E-state index in [0.717, 1.165) is 0 Å². The summed E-state index contributed by atoms with van der Waals surface area (Å²) >= 11 is 1.57. The number of rotatable bonds is 19. The third kappa shape index (κ3) is 12.2. The van der Waals surface area contributed by atoms with Crippen LogP contribution in [0.3, 0.4) is 0 Å². The molecule has 3 rings (SSSR count). The van der Waals surface area contributed by atoms with Crippen molar-refractivity contribution in [3.63, 3.8) is 0 Å². The molecule has 19 heteroatoms. The molecule has 18 nitrogen and oxygen atoms in total. The van der Waals surface area contributed by atoms with Crippen LogP contribution in [0.2, 0.25) is 0 Å². The van der Waals surface area contributed by atoms with Crippen molar-refractivity contribution < 1.29 is 38.7 Å². The quantitative estimate of drug-likeness (QED) is 0.0458. The van der Waals surface area contributed by atoms with Gasteiger partial charge in [0.15, 0.2) is 5.96 Å². The molecule has 3 aliphatic rings. The topological polar surface area (TPSA) is 276 Å². The first-order valence-corrected chi connectivity index (χ1v) is 20.3. The Hall–Kier alpha value is -4.13. The summed E-state index contributed by atoms with van der Waals surface area (Å²) in [7, 11) is 0. The van der Waals surface area contributed by atoms with Gasteiger partial charge in [0, 0.05) is 26.2 Å². The van der Waals surface area contributed by atoms with Gasteiger partial charge in [-0.05, 0) is 89.1 Å². The summed E-state index contributed by atoms with van der Waals surface area (Å²) < 4.78 is 0. The molecule has 7 atom stereocenters. The van der Waals surface area contributed by atoms with E-state index in [1.165, 1.54) is 21.6 Å². The number of hydrogen-bond acceptors (Lipinski definition) is 10. The molecule has 0 spiro atoms. The number of amides is 6. The summed E-state index contributed by atoms with van der Waals surface area (Å²) in [5.74, 6) is -3.50. The van der Waals surface area contributed by atoms with E-state index >= 15 is 0 Å². The Morgan fingerprint density at radius 1 is 0.778 bits per heavy atom. The molecule has 0 aromatic carbocycles. The van der Waals surface area contributed by atoms with Crippen molar-refractivity contribution in [2.45, 2.75) is 127 Å². The van der Waals surface area contributed by atoms with Gasteiger partial charge >= 0.3 is 5.97 Å². The molecule has 6 amide bonds. The summed E-state index contributed by atoms with van der Waals surface area (Å²) in [5.41, 5.74) is 17.1. The van der Waals surface area contributed by atoms with Gasteiger partial charge in [-0.15, -0.1) is 0 Å². The molecule has 0 saturated carbocycles. The second kappa shape index (κ2) is 21.1. The Labute approximate surface area is 321 Å². The molecule has 3 aliphatic heterocycles. The Bertz CT molecular complexity index is 1400. The molecule has 10 N–H and O–H groups in total. The fraction of sp³-hybridized carbons (Fsp3) is 0.771. The zero-order valence-electron chi connectivity index (χ0n) is 32.0. The number of guanidine groups is 1. The number of carboxylic acid groups (broad SMARTS) is 1. The molecular formula is C35H60N10O8S. The minimum atomic E-state index is -1.20. The van der Waals surface area contributed by atoms with Gasteiger partial charge in [-0.2, -0.15) is 11.8 Å². The SMILES string of the molecule is CSCC[C@H](N)C(=O)N1CCC[C@H]1C(=O)N[C@@H](CCCN=C(N)N)C(=O)N[C@@H](CC(C)C)C(=O)N1CCC[C@H]1C(=O)N1CCC[C@H]1C(=O)N[C@@H](C)C(=O)O. The van der Waals surface area contributed by atoms with Gasteiger partial charge in [-0.25, -0.2) is 0 Å². The summed E-state index contributed by atoms with van der Waals surface area (Å²) in [6.07, 6.45) is 5.92. The Balaban J connectivity index is 1.78. The molecule has 0 aliphatic carbocycles. The molecule has 304 valence electrons. The average Bonchev–Trinajstić information content (AvgIpc) is 3.91. The van der Waals surface area contributed by atoms with E-state index < -0.39 is 77.8 Å². The van der Waals surface area contributed by atoms with Crippen LogP contribution in [0.4, 0.5) is 0 Å². The largest absolute Gasteiger partial charge is 0.480 e. The van der Waals surface area contributed by atoms with E-state index in [1.807, 2.05) is 20.1 Å². The second-order valence-electron chi connectivity index (χ2n) is 14.7. The van der Waals surface area contributed by atoms with Crippen molar-refractivity contribution >= 4 is 59.1 Å². The highest BCUT2D eigenvalue weighted by molar-refractivity contribution is 7.98. The van der Waals surface area contributed by atoms with Gasteiger partial charge in [0.1, 0.15) is 36.3 Å². The lowest BCUT2D eigenvalue weighted by Gasteiger charge is -2.34. The number of carbonyl (C=O) groups excluding carboxylic acids is 6. The van der Waals surface area contributed by atoms with Crippen LogP contribution in [0.15, 0.2) is 4.99 Å². The van der Waals surface area contributed by atoms with Crippen LogP contribution in [0.1, 0.15) is 85.0 Å². The number of likely N-dealkylation sites (tertiary alicyclic amines) is 3. The van der Waals surface area contributed by atoms with Gasteiger partial charge in [0.25, 0.3) is 0 Å². The Kier molecular flexibility index (Phi) is 17.3. The molecular weight excluding hydrogens is 721 g/mol. The average molecular weight is 781 g/mol. The van der Waals surface area contributed by atoms with Crippen LogP contribution in [0.5, 0.6) is 0 Å². The smallest absolute Gasteiger partial charge is 0.325 e. The van der Waals surface area contributed by atoms with Crippen molar-refractivity contribution in [2.24, 2.45) is 28.1 Å². The summed E-state index contributed by atoms with van der Waals surface area (Å²) in [6, 6.07) is -6.53. The van der Waals surface area contributed by atoms with E-state index in [-0.39, 0.29) is 50.3 Å². The van der Waals surface area contributed by atoms with Crippen LogP contribution in [0.25, 0.3) is 0 Å². The Morgan fingerprint density at radius 2 is 1.33 bits per heavy atom. The van der Waals surface area contributed by atoms with E-state index in [0.29, 0.717) is 63.7 Å². The normalized spacial score (nSPS) is 22.0. The lowest BCUT2D eigenvalue weighted by Crippen LogP contribution is -2.59. The highest BCUT2D eigenvalue weighted by Gasteiger charge is 2.44. The number of aliphatic imine (C=N–C) groups is 1. The molecule has 0 bridgehead atoms. The number of hydrogen-bond donors (Lipinski definition) is 7. The van der Waals surface area contributed by atoms with Crippen molar-refractivity contribution in [1.82, 2.24) is 30.7 Å². The molecule has 0 radical (unpaired) electrons. The van der Waals surface area contributed by atoms with Crippen LogP contribution in [-0.4, -0.2) is 148 Å². The first-order valence-electron chi connectivity index (χ1n) is 18.9. The molecule has 3 saturated heterocycles. The minimum Gasteiger partial charge on any atom is -0.480 e. The molecule has 3 fully saturated rings. The number of carboxylic acids is 1. The number of thioether (sulfide) groups is 1. The molecule has 54 heavy (non-hydrogen) atoms. The van der Waals surface area contributed by atoms with Crippen molar-refractivity contribution in [3.05, 3.63) is 0 Å². The summed E-state index contributed by atoms with van der Waals surface area (Å²) in [4.78, 5) is 102. The van der Waals surface area contributed by atoms with Crippen LogP contribution in [0, 0.1) is 5.92 Å². The third-order valence-corrected chi connectivity index (χ3v) is 10.7. The predicted octanol–water partition coefficient (Wildman–Crippen LogP) is -1.30. The van der Waals surface area contributed by atoms with Crippen molar-refractivity contribution in [3.8, 4) is 0 Å². The maximum absolute atomic E-state index is 14.2. The lowest BCUT2D eigenvalue weighted by atomic mass is 10.0. The fourth-order valence-electron chi connectivity index (χ4n) is 7.24. The first-order chi connectivity index (χ1) is 25.6. The number of carbonyl (C=O) groups is 7. The third-order valence-electron chi connectivity index (χ3n) is 10.1. The van der Waals surface area contributed by atoms with Gasteiger partial charge < -0.3 is 53.0 Å². The number of nitrogens with two attached hydrogens (primary N) is 3. The maximum Gasteiger partial charge on any atom is 0.325 e. The summed E-state index contributed by atoms with van der Waals surface area (Å²) in [6.45, 7) is 6.26. The van der Waals surface area contributed by atoms with Crippen molar-refractivity contribution in [1.29, 1.82) is 0 Å². The Morgan fingerprint density at radius 3 is 1.91 bits per heavy atom. The van der Waals surface area contributed by atoms with E-state index in [1.54, 1.807) is 11.8 Å². The molecule has 0 unspecified atom stereocenters. The zero-order chi connectivity index (χ0) is 40.1. The summed E-state index contributed by atoms with van der Waals surface area (Å²) in [5, 5.41) is 17.4. The zero-order valence-corrected chi connectivity index (χ0v) is 32.8. The van der Waals surface area contributed by atoms with Crippen molar-refractivity contribution in [2.75, 3.05) is 38.2 Å². The monoisotopic (exact) mass is 780 g/mol. The number of nitrogens with one attached hydrogen (secondary N) is 3. The van der Waals surface area contributed by atoms with E-state index in [2.05, 4.69) is 20.9 Å². The highest BCUT2D eigenvalue weighted by Crippen LogP contribution is 2.27. The van der Waals surface area contributed by atoms with Gasteiger partial charge in [0.05, 0.1) is 6.04 Å². The van der Waals surface area contributed by atoms with Crippen LogP contribution >= 0.6 is 11.8 Å². The first kappa shape index (κ1) is 44.3. The fourth-order valence-corrected chi connectivity index (χ4v) is 7.73. The minimum absolute atomic E-state index is 0.0397. The molecule has 3 heterocycles. The number of nitrogens with zero attached hydrogens (tertiary/aromatic N) is 4. The standard InChI is InChI=1S/C35H60N10O8S/c1-20(2)19-24(32(50)45-17-8-12-27(45)33(51)44-16-7-10-25(44)29(47)40-21(3)34(52)53)42-28(46)23(9-5-14-39-35(37)38)41-30(48)26-11-6-15-43(26)31(49)22(36)13-18-54-4/h20-27H,5-19,36H2,1-4H3,(H,40,47)(H,41,48)(H,42,46)(H,52,53)(H4,37,38,39)/t21-,22-,23-,24-,25-,26-,27-/m0/s1. The van der Waals surface area contributed by atoms with Gasteiger partial charge in [-0.3, -0.25) is 38.6 Å². The van der Waals surface area contributed by atoms with Crippen LogP contribution in [-0.2, 0) is 33.6 Å². The molecule has 0 aromatic heterocycles. The lowest BCUT2D eigenvalue weighted by molar-refractivity contribution is -0.149. The van der Waals surface area contributed by atoms with E-state index in [4.69, 9.17) is 17.2 Å². The highest BCUT2D eigenvalue weighted by atomic mass is 32.2. The van der Waals surface area contributed by atoms with Gasteiger partial charge in [-0.1, -0.05) is 13.8 Å². The predicted molar refractivity (Wildman–Crippen MR) is 204 cm³/mol. The maximum atomic E-state index is 14.2. The van der Waals surface area contributed by atoms with Gasteiger partial charge in [0.2, 0.25) is 35.4 Å².